The van der Waals surface area contributed by atoms with Crippen molar-refractivity contribution in [1.29, 1.82) is 0 Å². The number of fused-ring (bicyclic) bond motifs is 2. The summed E-state index contributed by atoms with van der Waals surface area (Å²) in [6.07, 6.45) is -2.35. The number of carbonyl (C=O) groups excluding carboxylic acids is 1. The fourth-order valence-corrected chi connectivity index (χ4v) is 3.62. The number of aliphatic carboxylic acids is 1. The highest BCUT2D eigenvalue weighted by Crippen LogP contribution is 2.27. The Hall–Kier alpha value is -3.05. The zero-order chi connectivity index (χ0) is 24.3. The summed E-state index contributed by atoms with van der Waals surface area (Å²) in [6.45, 7) is 2.10. The quantitative estimate of drug-likeness (QED) is 0.598. The number of hydrogen-bond acceptors (Lipinski definition) is 5. The molecule has 1 atom stereocenters. The van der Waals surface area contributed by atoms with E-state index in [1.54, 1.807) is 24.4 Å². The smallest absolute Gasteiger partial charge is 0.475 e. The second-order valence-corrected chi connectivity index (χ2v) is 8.23. The third-order valence-electron chi connectivity index (χ3n) is 5.01. The number of nitrogens with zero attached hydrogens (tertiary/aromatic N) is 4. The fourth-order valence-electron chi connectivity index (χ4n) is 3.44. The van der Waals surface area contributed by atoms with Crippen molar-refractivity contribution >= 4 is 34.4 Å². The lowest BCUT2D eigenvalue weighted by Crippen LogP contribution is -2.42. The van der Waals surface area contributed by atoms with E-state index < -0.39 is 12.1 Å². The van der Waals surface area contributed by atoms with Gasteiger partial charge in [-0.25, -0.2) is 4.79 Å². The van der Waals surface area contributed by atoms with E-state index in [4.69, 9.17) is 25.9 Å². The highest BCUT2D eigenvalue weighted by atomic mass is 35.5. The van der Waals surface area contributed by atoms with E-state index in [1.807, 2.05) is 21.7 Å². The fraction of sp³-hybridized carbons (Fsp3) is 0.381. The van der Waals surface area contributed by atoms with Gasteiger partial charge in [-0.1, -0.05) is 11.6 Å². The first-order chi connectivity index (χ1) is 15.5. The summed E-state index contributed by atoms with van der Waals surface area (Å²) in [4.78, 5) is 25.9. The number of aromatic nitrogens is 2. The van der Waals surface area contributed by atoms with Crippen molar-refractivity contribution in [2.45, 2.75) is 25.2 Å². The second kappa shape index (κ2) is 9.84. The molecule has 0 saturated carbocycles. The second-order valence-electron chi connectivity index (χ2n) is 7.79. The largest absolute Gasteiger partial charge is 0.490 e. The molecule has 2 aromatic heterocycles. The standard InChI is InChI=1S/C19H21ClN4O2.C2HF3O2/c1-22(2)8-6-16-12-23(11-15-5-7-21-24(15)16)19(25)18-10-13-9-14(20)3-4-17(13)26-18;3-2(4,5)1(6)7/h3-5,7,9-10,16H,6,8,11-12H2,1-2H3;(H,6,7). The summed E-state index contributed by atoms with van der Waals surface area (Å²) < 4.78 is 39.5. The lowest BCUT2D eigenvalue weighted by atomic mass is 10.1. The summed E-state index contributed by atoms with van der Waals surface area (Å²) >= 11 is 6.03. The van der Waals surface area contributed by atoms with Crippen molar-refractivity contribution in [1.82, 2.24) is 19.6 Å². The number of carboxylic acid groups (broad SMARTS) is 1. The van der Waals surface area contributed by atoms with Crippen molar-refractivity contribution in [2.24, 2.45) is 0 Å². The topological polar surface area (TPSA) is 91.8 Å². The molecule has 3 aromatic rings. The van der Waals surface area contributed by atoms with E-state index in [2.05, 4.69) is 24.1 Å². The van der Waals surface area contributed by atoms with Crippen LogP contribution < -0.4 is 0 Å². The summed E-state index contributed by atoms with van der Waals surface area (Å²) in [5.41, 5.74) is 1.72. The van der Waals surface area contributed by atoms with Crippen LogP contribution in [0, 0.1) is 0 Å². The van der Waals surface area contributed by atoms with Gasteiger partial charge in [-0.05, 0) is 57.4 Å². The molecule has 178 valence electrons. The molecule has 1 aromatic carbocycles. The van der Waals surface area contributed by atoms with Crippen LogP contribution in [0.3, 0.4) is 0 Å². The molecule has 1 aliphatic heterocycles. The molecule has 1 amide bonds. The maximum absolute atomic E-state index is 13.0. The first kappa shape index (κ1) is 24.6. The van der Waals surface area contributed by atoms with Gasteiger partial charge in [0.15, 0.2) is 5.76 Å². The first-order valence-electron chi connectivity index (χ1n) is 9.91. The first-order valence-corrected chi connectivity index (χ1v) is 10.3. The highest BCUT2D eigenvalue weighted by Gasteiger charge is 2.38. The Morgan fingerprint density at radius 1 is 1.27 bits per heavy atom. The van der Waals surface area contributed by atoms with Crippen LogP contribution >= 0.6 is 11.6 Å². The summed E-state index contributed by atoms with van der Waals surface area (Å²) in [5, 5.41) is 13.0. The maximum Gasteiger partial charge on any atom is 0.490 e. The Morgan fingerprint density at radius 3 is 2.61 bits per heavy atom. The van der Waals surface area contributed by atoms with E-state index in [0.717, 1.165) is 24.0 Å². The number of carboxylic acids is 1. The van der Waals surface area contributed by atoms with Crippen LogP contribution in [0.5, 0.6) is 0 Å². The molecule has 0 radical (unpaired) electrons. The minimum absolute atomic E-state index is 0.0976. The Balaban J connectivity index is 0.000000383. The summed E-state index contributed by atoms with van der Waals surface area (Å²) in [6, 6.07) is 9.27. The lowest BCUT2D eigenvalue weighted by molar-refractivity contribution is -0.192. The number of benzene rings is 1. The Kier molecular flexibility index (Phi) is 7.33. The van der Waals surface area contributed by atoms with E-state index in [1.165, 1.54) is 0 Å². The predicted molar refractivity (Wildman–Crippen MR) is 114 cm³/mol. The van der Waals surface area contributed by atoms with Gasteiger partial charge in [0.05, 0.1) is 18.3 Å². The van der Waals surface area contributed by atoms with Crippen LogP contribution in [0.1, 0.15) is 28.7 Å². The van der Waals surface area contributed by atoms with Crippen LogP contribution in [0.4, 0.5) is 13.2 Å². The van der Waals surface area contributed by atoms with Gasteiger partial charge in [0, 0.05) is 23.2 Å². The third-order valence-corrected chi connectivity index (χ3v) is 5.25. The van der Waals surface area contributed by atoms with Crippen molar-refractivity contribution in [2.75, 3.05) is 27.2 Å². The van der Waals surface area contributed by atoms with Gasteiger partial charge in [-0.3, -0.25) is 9.48 Å². The van der Waals surface area contributed by atoms with Crippen LogP contribution in [-0.4, -0.2) is 69.9 Å². The number of rotatable bonds is 4. The third kappa shape index (κ3) is 6.05. The van der Waals surface area contributed by atoms with Crippen molar-refractivity contribution < 1.29 is 32.3 Å². The molecule has 0 aliphatic carbocycles. The van der Waals surface area contributed by atoms with Crippen LogP contribution in [0.2, 0.25) is 5.02 Å². The van der Waals surface area contributed by atoms with Gasteiger partial charge in [-0.2, -0.15) is 18.3 Å². The van der Waals surface area contributed by atoms with Gasteiger partial charge in [-0.15, -0.1) is 0 Å². The number of carbonyl (C=O) groups is 2. The molecule has 3 heterocycles. The van der Waals surface area contributed by atoms with Crippen LogP contribution in [0.15, 0.2) is 40.9 Å². The van der Waals surface area contributed by atoms with Gasteiger partial charge < -0.3 is 19.3 Å². The van der Waals surface area contributed by atoms with Crippen LogP contribution in [0.25, 0.3) is 11.0 Å². The molecule has 0 spiro atoms. The average molecular weight is 487 g/mol. The molecule has 0 bridgehead atoms. The predicted octanol–water partition coefficient (Wildman–Crippen LogP) is 4.06. The molecule has 0 saturated heterocycles. The van der Waals surface area contributed by atoms with Gasteiger partial charge in [0.2, 0.25) is 0 Å². The maximum atomic E-state index is 13.0. The summed E-state index contributed by atoms with van der Waals surface area (Å²) in [7, 11) is 4.10. The molecule has 8 nitrogen and oxygen atoms in total. The Bertz CT molecular complexity index is 1140. The number of furan rings is 1. The number of halogens is 4. The van der Waals surface area contributed by atoms with Crippen molar-refractivity contribution in [3.63, 3.8) is 0 Å². The van der Waals surface area contributed by atoms with E-state index in [9.17, 15) is 18.0 Å². The minimum atomic E-state index is -5.08. The number of amides is 1. The molecule has 4 rings (SSSR count). The highest BCUT2D eigenvalue weighted by molar-refractivity contribution is 6.31. The zero-order valence-corrected chi connectivity index (χ0v) is 18.6. The van der Waals surface area contributed by atoms with Crippen molar-refractivity contribution in [3.05, 3.63) is 53.0 Å². The molecular weight excluding hydrogens is 465 g/mol. The van der Waals surface area contributed by atoms with E-state index in [0.29, 0.717) is 29.5 Å². The molecular formula is C21H22ClF3N4O4. The molecule has 33 heavy (non-hydrogen) atoms. The molecule has 12 heteroatoms. The normalized spacial score (nSPS) is 15.8. The lowest BCUT2D eigenvalue weighted by Gasteiger charge is -2.34. The zero-order valence-electron chi connectivity index (χ0n) is 17.8. The monoisotopic (exact) mass is 486 g/mol. The summed E-state index contributed by atoms with van der Waals surface area (Å²) in [5.74, 6) is -2.51. The average Bonchev–Trinajstić information content (AvgIpc) is 3.37. The number of hydrogen-bond donors (Lipinski definition) is 1. The minimum Gasteiger partial charge on any atom is -0.475 e. The number of alkyl halides is 3. The van der Waals surface area contributed by atoms with Gasteiger partial charge in [0.25, 0.3) is 5.91 Å². The molecule has 1 aliphatic rings. The SMILES string of the molecule is CN(C)CCC1CN(C(=O)c2cc3cc(Cl)ccc3o2)Cc2ccnn21.O=C(O)C(F)(F)F. The Labute approximate surface area is 192 Å². The molecule has 1 N–H and O–H groups in total. The molecule has 0 fully saturated rings. The van der Waals surface area contributed by atoms with Crippen LogP contribution in [-0.2, 0) is 11.3 Å². The van der Waals surface area contributed by atoms with E-state index >= 15 is 0 Å². The Morgan fingerprint density at radius 2 is 1.97 bits per heavy atom. The van der Waals surface area contributed by atoms with Gasteiger partial charge >= 0.3 is 12.1 Å². The van der Waals surface area contributed by atoms with E-state index in [-0.39, 0.29) is 11.9 Å². The van der Waals surface area contributed by atoms with Crippen molar-refractivity contribution in [3.8, 4) is 0 Å². The molecule has 1 unspecified atom stereocenters. The van der Waals surface area contributed by atoms with Gasteiger partial charge in [0.1, 0.15) is 5.58 Å².